The highest BCUT2D eigenvalue weighted by molar-refractivity contribution is 14.1. The SMILES string of the molecule is O=C1NC(=S)SC1=Cc1ccc(OC(=O)c2ccccc2I)cc1. The molecule has 1 aliphatic heterocycles. The second kappa shape index (κ2) is 7.45. The number of benzene rings is 2. The maximum atomic E-state index is 12.2. The normalized spacial score (nSPS) is 15.5. The van der Waals surface area contributed by atoms with Crippen LogP contribution in [0.1, 0.15) is 15.9 Å². The van der Waals surface area contributed by atoms with Crippen molar-refractivity contribution < 1.29 is 14.3 Å². The van der Waals surface area contributed by atoms with Crippen molar-refractivity contribution >= 4 is 68.8 Å². The van der Waals surface area contributed by atoms with Crippen molar-refractivity contribution in [1.29, 1.82) is 0 Å². The highest BCUT2D eigenvalue weighted by Crippen LogP contribution is 2.26. The Labute approximate surface area is 161 Å². The van der Waals surface area contributed by atoms with Crippen molar-refractivity contribution in [3.05, 3.63) is 68.1 Å². The van der Waals surface area contributed by atoms with Gasteiger partial charge in [0.05, 0.1) is 10.5 Å². The van der Waals surface area contributed by atoms with E-state index in [1.165, 1.54) is 11.8 Å². The summed E-state index contributed by atoms with van der Waals surface area (Å²) < 4.78 is 6.66. The first kappa shape index (κ1) is 17.1. The van der Waals surface area contributed by atoms with E-state index in [1.807, 2.05) is 12.1 Å². The molecule has 1 heterocycles. The van der Waals surface area contributed by atoms with E-state index < -0.39 is 5.97 Å². The van der Waals surface area contributed by atoms with Crippen LogP contribution in [0.25, 0.3) is 6.08 Å². The third-order valence-corrected chi connectivity index (χ3v) is 5.23. The molecule has 1 aliphatic rings. The maximum Gasteiger partial charge on any atom is 0.344 e. The number of hydrogen-bond acceptors (Lipinski definition) is 5. The highest BCUT2D eigenvalue weighted by Gasteiger charge is 2.21. The van der Waals surface area contributed by atoms with E-state index in [9.17, 15) is 9.59 Å². The molecular weight excluding hydrogens is 457 g/mol. The monoisotopic (exact) mass is 467 g/mol. The number of thiocarbonyl (C=S) groups is 1. The van der Waals surface area contributed by atoms with Crippen molar-refractivity contribution in [3.63, 3.8) is 0 Å². The standard InChI is InChI=1S/C17H10INO3S2/c18-13-4-2-1-3-12(13)16(21)22-11-7-5-10(6-8-11)9-14-15(20)19-17(23)24-14/h1-9H,(H,19,20,23). The number of esters is 1. The molecule has 1 saturated heterocycles. The minimum absolute atomic E-state index is 0.195. The summed E-state index contributed by atoms with van der Waals surface area (Å²) in [6.45, 7) is 0. The van der Waals surface area contributed by atoms with Crippen LogP contribution in [-0.4, -0.2) is 16.2 Å². The molecule has 7 heteroatoms. The lowest BCUT2D eigenvalue weighted by molar-refractivity contribution is -0.115. The topological polar surface area (TPSA) is 55.4 Å². The zero-order valence-corrected chi connectivity index (χ0v) is 15.9. The van der Waals surface area contributed by atoms with Crippen LogP contribution in [0.15, 0.2) is 53.4 Å². The number of carbonyl (C=O) groups is 2. The van der Waals surface area contributed by atoms with Crippen molar-refractivity contribution in [2.75, 3.05) is 0 Å². The largest absolute Gasteiger partial charge is 0.423 e. The molecule has 2 aromatic carbocycles. The highest BCUT2D eigenvalue weighted by atomic mass is 127. The number of hydrogen-bond donors (Lipinski definition) is 1. The number of thioether (sulfide) groups is 1. The number of carbonyl (C=O) groups excluding carboxylic acids is 2. The molecule has 0 spiro atoms. The second-order valence-electron chi connectivity index (χ2n) is 4.79. The molecule has 2 aromatic rings. The van der Waals surface area contributed by atoms with E-state index in [-0.39, 0.29) is 5.91 Å². The first-order chi connectivity index (χ1) is 11.5. The van der Waals surface area contributed by atoms with Crippen molar-refractivity contribution in [2.45, 2.75) is 0 Å². The van der Waals surface area contributed by atoms with Crippen LogP contribution in [0.5, 0.6) is 5.75 Å². The summed E-state index contributed by atoms with van der Waals surface area (Å²) in [7, 11) is 0. The van der Waals surface area contributed by atoms with E-state index in [4.69, 9.17) is 17.0 Å². The van der Waals surface area contributed by atoms with E-state index in [2.05, 4.69) is 27.9 Å². The van der Waals surface area contributed by atoms with Gasteiger partial charge in [-0.1, -0.05) is 48.2 Å². The Hall–Kier alpha value is -1.71. The van der Waals surface area contributed by atoms with Gasteiger partial charge in [-0.05, 0) is 58.5 Å². The predicted molar refractivity (Wildman–Crippen MR) is 107 cm³/mol. The lowest BCUT2D eigenvalue weighted by Crippen LogP contribution is -2.17. The van der Waals surface area contributed by atoms with Gasteiger partial charge in [0, 0.05) is 3.57 Å². The fourth-order valence-corrected chi connectivity index (χ4v) is 3.65. The van der Waals surface area contributed by atoms with Crippen LogP contribution in [0, 0.1) is 3.57 Å². The Morgan fingerprint density at radius 2 is 1.88 bits per heavy atom. The van der Waals surface area contributed by atoms with Crippen LogP contribution in [0.3, 0.4) is 0 Å². The minimum Gasteiger partial charge on any atom is -0.423 e. The van der Waals surface area contributed by atoms with Crippen LogP contribution in [0.2, 0.25) is 0 Å². The lowest BCUT2D eigenvalue weighted by Gasteiger charge is -2.06. The molecule has 0 bridgehead atoms. The third kappa shape index (κ3) is 4.03. The molecule has 0 saturated carbocycles. The first-order valence-corrected chi connectivity index (χ1v) is 9.15. The predicted octanol–water partition coefficient (Wildman–Crippen LogP) is 4.00. The molecule has 1 N–H and O–H groups in total. The van der Waals surface area contributed by atoms with Gasteiger partial charge in [-0.3, -0.25) is 4.79 Å². The summed E-state index contributed by atoms with van der Waals surface area (Å²) in [4.78, 5) is 24.3. The molecule has 1 fully saturated rings. The van der Waals surface area contributed by atoms with E-state index in [0.717, 1.165) is 9.13 Å². The molecule has 3 rings (SSSR count). The summed E-state index contributed by atoms with van der Waals surface area (Å²) in [6, 6.07) is 14.2. The van der Waals surface area contributed by atoms with E-state index >= 15 is 0 Å². The van der Waals surface area contributed by atoms with Gasteiger partial charge in [0.15, 0.2) is 0 Å². The van der Waals surface area contributed by atoms with Crippen LogP contribution < -0.4 is 10.1 Å². The molecule has 0 atom stereocenters. The van der Waals surface area contributed by atoms with Gasteiger partial charge in [-0.25, -0.2) is 4.79 Å². The summed E-state index contributed by atoms with van der Waals surface area (Å²) >= 11 is 8.27. The Bertz CT molecular complexity index is 862. The zero-order valence-electron chi connectivity index (χ0n) is 12.1. The molecule has 0 aromatic heterocycles. The van der Waals surface area contributed by atoms with E-state index in [0.29, 0.717) is 20.5 Å². The van der Waals surface area contributed by atoms with Crippen molar-refractivity contribution in [3.8, 4) is 5.75 Å². The Morgan fingerprint density at radius 1 is 1.17 bits per heavy atom. The van der Waals surface area contributed by atoms with Crippen molar-refractivity contribution in [1.82, 2.24) is 5.32 Å². The first-order valence-electron chi connectivity index (χ1n) is 6.84. The fourth-order valence-electron chi connectivity index (χ4n) is 1.99. The smallest absolute Gasteiger partial charge is 0.344 e. The molecule has 0 unspecified atom stereocenters. The van der Waals surface area contributed by atoms with Gasteiger partial charge in [0.25, 0.3) is 5.91 Å². The van der Waals surface area contributed by atoms with Gasteiger partial charge < -0.3 is 10.1 Å². The third-order valence-electron chi connectivity index (χ3n) is 3.12. The molecular formula is C17H10INO3S2. The molecule has 0 aliphatic carbocycles. The van der Waals surface area contributed by atoms with Gasteiger partial charge in [-0.15, -0.1) is 0 Å². The van der Waals surface area contributed by atoms with E-state index in [1.54, 1.807) is 42.5 Å². The van der Waals surface area contributed by atoms with Crippen LogP contribution in [0.4, 0.5) is 0 Å². The average molecular weight is 467 g/mol. The minimum atomic E-state index is -0.401. The Balaban J connectivity index is 1.72. The van der Waals surface area contributed by atoms with Gasteiger partial charge >= 0.3 is 5.97 Å². The van der Waals surface area contributed by atoms with Crippen LogP contribution in [-0.2, 0) is 4.79 Å². The maximum absolute atomic E-state index is 12.2. The number of ether oxygens (including phenoxy) is 1. The summed E-state index contributed by atoms with van der Waals surface area (Å²) in [5.74, 6) is -0.151. The molecule has 24 heavy (non-hydrogen) atoms. The number of nitrogens with one attached hydrogen (secondary N) is 1. The van der Waals surface area contributed by atoms with Gasteiger partial charge in [0.2, 0.25) is 0 Å². The number of rotatable bonds is 3. The fraction of sp³-hybridized carbons (Fsp3) is 0. The average Bonchev–Trinajstić information content (AvgIpc) is 2.87. The summed E-state index contributed by atoms with van der Waals surface area (Å²) in [5.41, 5.74) is 1.35. The molecule has 0 radical (unpaired) electrons. The summed E-state index contributed by atoms with van der Waals surface area (Å²) in [5, 5.41) is 2.57. The summed E-state index contributed by atoms with van der Waals surface area (Å²) in [6.07, 6.45) is 1.74. The Morgan fingerprint density at radius 3 is 2.50 bits per heavy atom. The number of amides is 1. The molecule has 4 nitrogen and oxygen atoms in total. The zero-order chi connectivity index (χ0) is 17.1. The Kier molecular flexibility index (Phi) is 5.32. The molecule has 120 valence electrons. The molecule has 1 amide bonds. The van der Waals surface area contributed by atoms with Gasteiger partial charge in [0.1, 0.15) is 10.1 Å². The van der Waals surface area contributed by atoms with Crippen LogP contribution >= 0.6 is 46.6 Å². The van der Waals surface area contributed by atoms with Crippen molar-refractivity contribution in [2.24, 2.45) is 0 Å². The second-order valence-corrected chi connectivity index (χ2v) is 7.67. The number of halogens is 1. The quantitative estimate of drug-likeness (QED) is 0.243. The van der Waals surface area contributed by atoms with Gasteiger partial charge in [-0.2, -0.15) is 0 Å². The lowest BCUT2D eigenvalue weighted by atomic mass is 10.2.